The first-order valence-corrected chi connectivity index (χ1v) is 11.7. The Morgan fingerprint density at radius 3 is 2.39 bits per heavy atom. The zero-order chi connectivity index (χ0) is 22.4. The summed E-state index contributed by atoms with van der Waals surface area (Å²) in [7, 11) is -3.66. The summed E-state index contributed by atoms with van der Waals surface area (Å²) in [6.45, 7) is 0.725. The average Bonchev–Trinajstić information content (AvgIpc) is 2.79. The highest BCUT2D eigenvalue weighted by Crippen LogP contribution is 2.28. The normalized spacial score (nSPS) is 15.2. The van der Waals surface area contributed by atoms with Crippen molar-refractivity contribution >= 4 is 39.3 Å². The second-order valence-corrected chi connectivity index (χ2v) is 9.91. The van der Waals surface area contributed by atoms with Crippen LogP contribution in [0.5, 0.6) is 0 Å². The lowest BCUT2D eigenvalue weighted by molar-refractivity contribution is -0.131. The molecule has 0 saturated carbocycles. The molecular formula is C22H23ClN2O5S. The van der Waals surface area contributed by atoms with E-state index < -0.39 is 21.0 Å². The average molecular weight is 463 g/mol. The Balaban J connectivity index is 1.67. The summed E-state index contributed by atoms with van der Waals surface area (Å²) in [6.07, 6.45) is 3.33. The van der Waals surface area contributed by atoms with Crippen molar-refractivity contribution in [2.75, 3.05) is 13.1 Å². The maximum absolute atomic E-state index is 13.2. The standard InChI is InChI=1S/C22H23ClN2O5S/c23-18-8-5-16(6-9-18)15-22(27)25-13-11-19(12-14-25)31(29,30)20-4-2-1-3-17(20)7-10-21(26)24-28/h1-10,19,28H,11-15H2,(H,24,26)/b10-7+. The van der Waals surface area contributed by atoms with Crippen molar-refractivity contribution in [1.82, 2.24) is 10.4 Å². The van der Waals surface area contributed by atoms with Gasteiger partial charge in [-0.25, -0.2) is 13.9 Å². The predicted molar refractivity (Wildman–Crippen MR) is 117 cm³/mol. The number of hydrogen-bond acceptors (Lipinski definition) is 5. The number of hydroxylamine groups is 1. The Morgan fingerprint density at radius 2 is 1.74 bits per heavy atom. The Morgan fingerprint density at radius 1 is 1.10 bits per heavy atom. The molecule has 9 heteroatoms. The number of halogens is 1. The van der Waals surface area contributed by atoms with E-state index in [0.29, 0.717) is 36.5 Å². The number of amides is 2. The quantitative estimate of drug-likeness (QED) is 0.390. The van der Waals surface area contributed by atoms with Gasteiger partial charge in [-0.05, 0) is 48.2 Å². The van der Waals surface area contributed by atoms with E-state index in [9.17, 15) is 18.0 Å². The van der Waals surface area contributed by atoms with Gasteiger partial charge in [-0.15, -0.1) is 0 Å². The molecule has 2 N–H and O–H groups in total. The molecule has 164 valence electrons. The minimum absolute atomic E-state index is 0.0449. The molecule has 1 heterocycles. The molecule has 2 amide bonds. The molecule has 2 aromatic rings. The monoisotopic (exact) mass is 462 g/mol. The van der Waals surface area contributed by atoms with Crippen LogP contribution in [0.25, 0.3) is 6.08 Å². The Kier molecular flexibility index (Phi) is 7.48. The van der Waals surface area contributed by atoms with E-state index in [1.807, 2.05) is 0 Å². The molecule has 31 heavy (non-hydrogen) atoms. The number of rotatable bonds is 6. The lowest BCUT2D eigenvalue weighted by Gasteiger charge is -2.32. The van der Waals surface area contributed by atoms with Crippen molar-refractivity contribution in [2.24, 2.45) is 0 Å². The van der Waals surface area contributed by atoms with E-state index in [1.54, 1.807) is 47.4 Å². The van der Waals surface area contributed by atoms with Gasteiger partial charge in [0.15, 0.2) is 9.84 Å². The van der Waals surface area contributed by atoms with Crippen molar-refractivity contribution in [2.45, 2.75) is 29.4 Å². The van der Waals surface area contributed by atoms with E-state index in [-0.39, 0.29) is 17.2 Å². The van der Waals surface area contributed by atoms with Crippen LogP contribution < -0.4 is 5.48 Å². The molecule has 0 radical (unpaired) electrons. The molecule has 2 aromatic carbocycles. The third kappa shape index (κ3) is 5.72. The van der Waals surface area contributed by atoms with Crippen LogP contribution in [0.4, 0.5) is 0 Å². The number of benzene rings is 2. The van der Waals surface area contributed by atoms with Crippen molar-refractivity contribution in [3.8, 4) is 0 Å². The lowest BCUT2D eigenvalue weighted by Crippen LogP contribution is -2.43. The third-order valence-corrected chi connectivity index (χ3v) is 7.84. The number of nitrogens with zero attached hydrogens (tertiary/aromatic N) is 1. The maximum Gasteiger partial charge on any atom is 0.267 e. The van der Waals surface area contributed by atoms with Gasteiger partial charge in [-0.2, -0.15) is 0 Å². The molecule has 0 atom stereocenters. The van der Waals surface area contributed by atoms with E-state index in [2.05, 4.69) is 0 Å². The summed E-state index contributed by atoms with van der Waals surface area (Å²) in [4.78, 5) is 25.7. The third-order valence-electron chi connectivity index (χ3n) is 5.25. The molecule has 1 aliphatic heterocycles. The zero-order valence-corrected chi connectivity index (χ0v) is 18.3. The highest BCUT2D eigenvalue weighted by Gasteiger charge is 2.33. The summed E-state index contributed by atoms with van der Waals surface area (Å²) in [5, 5.41) is 8.60. The van der Waals surface area contributed by atoms with Crippen molar-refractivity contribution < 1.29 is 23.2 Å². The molecule has 0 spiro atoms. The van der Waals surface area contributed by atoms with Crippen molar-refractivity contribution in [3.05, 3.63) is 70.8 Å². The van der Waals surface area contributed by atoms with Gasteiger partial charge >= 0.3 is 0 Å². The summed E-state index contributed by atoms with van der Waals surface area (Å²) in [5.74, 6) is -0.795. The van der Waals surface area contributed by atoms with Crippen molar-refractivity contribution in [3.63, 3.8) is 0 Å². The molecule has 7 nitrogen and oxygen atoms in total. The van der Waals surface area contributed by atoms with Gasteiger partial charge in [0.2, 0.25) is 5.91 Å². The molecule has 0 aromatic heterocycles. The number of carbonyl (C=O) groups is 2. The van der Waals surface area contributed by atoms with Gasteiger partial charge in [0.05, 0.1) is 16.6 Å². The van der Waals surface area contributed by atoms with Crippen LogP contribution in [0.1, 0.15) is 24.0 Å². The second-order valence-electron chi connectivity index (χ2n) is 7.28. The molecule has 0 aliphatic carbocycles. The first-order valence-electron chi connectivity index (χ1n) is 9.78. The second kappa shape index (κ2) is 10.1. The highest BCUT2D eigenvalue weighted by atomic mass is 35.5. The molecule has 3 rings (SSSR count). The first-order chi connectivity index (χ1) is 14.8. The minimum atomic E-state index is -3.66. The van der Waals surface area contributed by atoms with E-state index in [1.165, 1.54) is 17.6 Å². The van der Waals surface area contributed by atoms with Crippen LogP contribution in [0.2, 0.25) is 5.02 Å². The fraction of sp³-hybridized carbons (Fsp3) is 0.273. The topological polar surface area (TPSA) is 104 Å². The molecule has 1 fully saturated rings. The summed E-state index contributed by atoms with van der Waals surface area (Å²) in [5.41, 5.74) is 2.70. The minimum Gasteiger partial charge on any atom is -0.342 e. The van der Waals surface area contributed by atoms with Crippen LogP contribution in [0, 0.1) is 0 Å². The van der Waals surface area contributed by atoms with Crippen LogP contribution >= 0.6 is 11.6 Å². The van der Waals surface area contributed by atoms with Gasteiger partial charge in [-0.3, -0.25) is 14.8 Å². The number of sulfone groups is 1. The molecule has 1 saturated heterocycles. The van der Waals surface area contributed by atoms with Crippen LogP contribution in [0.15, 0.2) is 59.5 Å². The number of carbonyl (C=O) groups excluding carboxylic acids is 2. The predicted octanol–water partition coefficient (Wildman–Crippen LogP) is 2.87. The van der Waals surface area contributed by atoms with Gasteiger partial charge in [0, 0.05) is 24.2 Å². The molecule has 0 bridgehead atoms. The van der Waals surface area contributed by atoms with Gasteiger partial charge in [0.25, 0.3) is 5.91 Å². The Bertz CT molecular complexity index is 1080. The van der Waals surface area contributed by atoms with E-state index in [4.69, 9.17) is 16.8 Å². The SMILES string of the molecule is O=C(/C=C/c1ccccc1S(=O)(=O)C1CCN(C(=O)Cc2ccc(Cl)cc2)CC1)NO. The van der Waals surface area contributed by atoms with Gasteiger partial charge in [-0.1, -0.05) is 41.9 Å². The Hall–Kier alpha value is -2.68. The van der Waals surface area contributed by atoms with E-state index in [0.717, 1.165) is 11.6 Å². The van der Waals surface area contributed by atoms with Crippen LogP contribution in [-0.2, 0) is 25.8 Å². The lowest BCUT2D eigenvalue weighted by atomic mass is 10.1. The Labute approximate surface area is 186 Å². The summed E-state index contributed by atoms with van der Waals surface area (Å²) in [6, 6.07) is 13.5. The fourth-order valence-electron chi connectivity index (χ4n) is 3.56. The van der Waals surface area contributed by atoms with Gasteiger partial charge in [0.1, 0.15) is 0 Å². The maximum atomic E-state index is 13.2. The molecular weight excluding hydrogens is 440 g/mol. The number of likely N-dealkylation sites (tertiary alicyclic amines) is 1. The number of piperidine rings is 1. The summed E-state index contributed by atoms with van der Waals surface area (Å²) >= 11 is 5.87. The van der Waals surface area contributed by atoms with Crippen molar-refractivity contribution in [1.29, 1.82) is 0 Å². The molecule has 1 aliphatic rings. The van der Waals surface area contributed by atoms with Gasteiger partial charge < -0.3 is 4.90 Å². The molecule has 0 unspecified atom stereocenters. The summed E-state index contributed by atoms with van der Waals surface area (Å²) < 4.78 is 26.4. The van der Waals surface area contributed by atoms with E-state index >= 15 is 0 Å². The van der Waals surface area contributed by atoms with Crippen LogP contribution in [0.3, 0.4) is 0 Å². The zero-order valence-electron chi connectivity index (χ0n) is 16.7. The van der Waals surface area contributed by atoms with Crippen LogP contribution in [-0.4, -0.2) is 48.7 Å². The largest absolute Gasteiger partial charge is 0.342 e. The first kappa shape index (κ1) is 23.0. The fourth-order valence-corrected chi connectivity index (χ4v) is 5.61. The highest BCUT2D eigenvalue weighted by molar-refractivity contribution is 7.92. The number of nitrogens with one attached hydrogen (secondary N) is 1. The number of hydrogen-bond donors (Lipinski definition) is 2. The smallest absolute Gasteiger partial charge is 0.267 e.